The van der Waals surface area contributed by atoms with Gasteiger partial charge in [-0.3, -0.25) is 0 Å². The van der Waals surface area contributed by atoms with Gasteiger partial charge in [-0.1, -0.05) is 48.4 Å². The predicted molar refractivity (Wildman–Crippen MR) is 78.7 cm³/mol. The summed E-state index contributed by atoms with van der Waals surface area (Å²) < 4.78 is 0. The third-order valence-corrected chi connectivity index (χ3v) is 3.67. The molecular weight excluding hydrogens is 275 g/mol. The monoisotopic (exact) mass is 290 g/mol. The summed E-state index contributed by atoms with van der Waals surface area (Å²) in [4.78, 5) is 2.64. The Kier molecular flexibility index (Phi) is 5.67. The first-order chi connectivity index (χ1) is 7.91. The zero-order valence-corrected chi connectivity index (χ0v) is 12.2. The van der Waals surface area contributed by atoms with Gasteiger partial charge in [-0.2, -0.15) is 0 Å². The van der Waals surface area contributed by atoms with E-state index in [4.69, 9.17) is 41.2 Å². The Balaban J connectivity index is 2.68. The Morgan fingerprint density at radius 3 is 2.41 bits per heavy atom. The zero-order chi connectivity index (χ0) is 13.0. The lowest BCUT2D eigenvalue weighted by Crippen LogP contribution is -2.31. The Hall–Kier alpha value is -0.350. The van der Waals surface area contributed by atoms with Crippen LogP contribution in [0.3, 0.4) is 0 Å². The summed E-state index contributed by atoms with van der Waals surface area (Å²) in [5.41, 5.74) is 6.53. The average molecular weight is 291 g/mol. The molecule has 0 aliphatic heterocycles. The molecule has 0 aliphatic carbocycles. The molecule has 0 saturated heterocycles. The third kappa shape index (κ3) is 4.43. The summed E-state index contributed by atoms with van der Waals surface area (Å²) in [6, 6.07) is 5.52. The molecule has 0 spiro atoms. The Labute approximate surface area is 118 Å². The minimum absolute atomic E-state index is 0.177. The van der Waals surface area contributed by atoms with Crippen LogP contribution in [0, 0.1) is 5.92 Å². The van der Waals surface area contributed by atoms with Crippen LogP contribution in [0.15, 0.2) is 18.2 Å². The van der Waals surface area contributed by atoms with Crippen LogP contribution < -0.4 is 5.73 Å². The molecule has 17 heavy (non-hydrogen) atoms. The maximum atomic E-state index is 6.11. The average Bonchev–Trinajstić information content (AvgIpc) is 2.23. The molecule has 0 fully saturated rings. The summed E-state index contributed by atoms with van der Waals surface area (Å²) in [5.74, 6) is 0.177. The van der Waals surface area contributed by atoms with E-state index in [1.165, 1.54) is 0 Å². The lowest BCUT2D eigenvalue weighted by Gasteiger charge is -2.21. The van der Waals surface area contributed by atoms with E-state index in [0.717, 1.165) is 12.1 Å². The van der Waals surface area contributed by atoms with Crippen molar-refractivity contribution < 1.29 is 0 Å². The van der Waals surface area contributed by atoms with E-state index in [0.29, 0.717) is 21.6 Å². The van der Waals surface area contributed by atoms with Crippen molar-refractivity contribution in [2.75, 3.05) is 13.6 Å². The van der Waals surface area contributed by atoms with E-state index in [-0.39, 0.29) is 5.92 Å². The molecule has 0 heterocycles. The van der Waals surface area contributed by atoms with E-state index in [2.05, 4.69) is 4.90 Å². The first kappa shape index (κ1) is 14.7. The fourth-order valence-electron chi connectivity index (χ4n) is 1.58. The lowest BCUT2D eigenvalue weighted by atomic mass is 10.1. The molecular formula is C12H16Cl2N2S. The van der Waals surface area contributed by atoms with Crippen molar-refractivity contribution in [1.29, 1.82) is 0 Å². The second kappa shape index (κ2) is 6.55. The van der Waals surface area contributed by atoms with E-state index in [1.807, 2.05) is 32.2 Å². The van der Waals surface area contributed by atoms with Gasteiger partial charge in [-0.15, -0.1) is 0 Å². The Bertz CT molecular complexity index is 389. The van der Waals surface area contributed by atoms with Gasteiger partial charge < -0.3 is 10.6 Å². The number of halogens is 2. The molecule has 5 heteroatoms. The van der Waals surface area contributed by atoms with Crippen LogP contribution in [0.25, 0.3) is 0 Å². The van der Waals surface area contributed by atoms with Crippen molar-refractivity contribution in [2.45, 2.75) is 13.5 Å². The minimum atomic E-state index is 0.177. The summed E-state index contributed by atoms with van der Waals surface area (Å²) in [6.07, 6.45) is 0. The Morgan fingerprint density at radius 1 is 1.41 bits per heavy atom. The van der Waals surface area contributed by atoms with Gasteiger partial charge in [0.1, 0.15) is 0 Å². The zero-order valence-electron chi connectivity index (χ0n) is 9.91. The number of thiocarbonyl (C=S) groups is 1. The fourth-order valence-corrected chi connectivity index (χ4v) is 2.17. The van der Waals surface area contributed by atoms with Crippen molar-refractivity contribution in [3.63, 3.8) is 0 Å². The van der Waals surface area contributed by atoms with Crippen LogP contribution in [-0.4, -0.2) is 23.5 Å². The number of hydrogen-bond donors (Lipinski definition) is 1. The predicted octanol–water partition coefficient (Wildman–Crippen LogP) is 3.35. The summed E-state index contributed by atoms with van der Waals surface area (Å²) >= 11 is 17.2. The largest absolute Gasteiger partial charge is 0.393 e. The van der Waals surface area contributed by atoms with Gasteiger partial charge >= 0.3 is 0 Å². The van der Waals surface area contributed by atoms with Gasteiger partial charge in [0.15, 0.2) is 0 Å². The molecule has 0 saturated carbocycles. The molecule has 2 N–H and O–H groups in total. The highest BCUT2D eigenvalue weighted by molar-refractivity contribution is 7.80. The van der Waals surface area contributed by atoms with Crippen LogP contribution in [0.4, 0.5) is 0 Å². The molecule has 0 amide bonds. The molecule has 1 unspecified atom stereocenters. The standard InChI is InChI=1S/C12H16Cl2N2S/c1-8(12(15)17)6-16(2)7-9-10(13)4-3-5-11(9)14/h3-5,8H,6-7H2,1-2H3,(H2,15,17). The van der Waals surface area contributed by atoms with E-state index < -0.39 is 0 Å². The highest BCUT2D eigenvalue weighted by Gasteiger charge is 2.12. The molecule has 2 nitrogen and oxygen atoms in total. The molecule has 1 aromatic rings. The summed E-state index contributed by atoms with van der Waals surface area (Å²) in [5, 5.41) is 1.37. The number of nitrogens with zero attached hydrogens (tertiary/aromatic N) is 1. The van der Waals surface area contributed by atoms with Crippen molar-refractivity contribution in [2.24, 2.45) is 11.7 Å². The molecule has 1 rings (SSSR count). The molecule has 0 aliphatic rings. The van der Waals surface area contributed by atoms with Crippen molar-refractivity contribution >= 4 is 40.4 Å². The minimum Gasteiger partial charge on any atom is -0.393 e. The van der Waals surface area contributed by atoms with Crippen LogP contribution in [-0.2, 0) is 6.54 Å². The van der Waals surface area contributed by atoms with Crippen LogP contribution >= 0.6 is 35.4 Å². The molecule has 94 valence electrons. The highest BCUT2D eigenvalue weighted by atomic mass is 35.5. The molecule has 1 aromatic carbocycles. The third-order valence-electron chi connectivity index (χ3n) is 2.56. The van der Waals surface area contributed by atoms with Gasteiger partial charge in [-0.25, -0.2) is 0 Å². The van der Waals surface area contributed by atoms with Gasteiger partial charge in [0.05, 0.1) is 4.99 Å². The van der Waals surface area contributed by atoms with E-state index in [1.54, 1.807) is 0 Å². The fraction of sp³-hybridized carbons (Fsp3) is 0.417. The lowest BCUT2D eigenvalue weighted by molar-refractivity contribution is 0.308. The maximum Gasteiger partial charge on any atom is 0.0768 e. The van der Waals surface area contributed by atoms with Crippen molar-refractivity contribution in [1.82, 2.24) is 4.90 Å². The SMILES string of the molecule is CC(CN(C)Cc1c(Cl)cccc1Cl)C(N)=S. The first-order valence-electron chi connectivity index (χ1n) is 5.32. The van der Waals surface area contributed by atoms with Gasteiger partial charge in [0.25, 0.3) is 0 Å². The topological polar surface area (TPSA) is 29.3 Å². The molecule has 1 atom stereocenters. The van der Waals surface area contributed by atoms with Gasteiger partial charge in [0, 0.05) is 34.6 Å². The number of rotatable bonds is 5. The second-order valence-electron chi connectivity index (χ2n) is 4.20. The molecule has 0 radical (unpaired) electrons. The summed E-state index contributed by atoms with van der Waals surface area (Å²) in [7, 11) is 1.99. The second-order valence-corrected chi connectivity index (χ2v) is 5.49. The van der Waals surface area contributed by atoms with Crippen LogP contribution in [0.1, 0.15) is 12.5 Å². The van der Waals surface area contributed by atoms with Crippen molar-refractivity contribution in [3.8, 4) is 0 Å². The van der Waals surface area contributed by atoms with E-state index in [9.17, 15) is 0 Å². The quantitative estimate of drug-likeness (QED) is 0.844. The number of hydrogen-bond acceptors (Lipinski definition) is 2. The normalized spacial score (nSPS) is 12.8. The molecule has 0 aromatic heterocycles. The van der Waals surface area contributed by atoms with Crippen LogP contribution in [0.2, 0.25) is 10.0 Å². The molecule has 0 bridgehead atoms. The summed E-state index contributed by atoms with van der Waals surface area (Å²) in [6.45, 7) is 3.48. The van der Waals surface area contributed by atoms with E-state index >= 15 is 0 Å². The van der Waals surface area contributed by atoms with Crippen LogP contribution in [0.5, 0.6) is 0 Å². The number of benzene rings is 1. The van der Waals surface area contributed by atoms with Gasteiger partial charge in [-0.05, 0) is 19.2 Å². The smallest absolute Gasteiger partial charge is 0.0768 e. The first-order valence-corrected chi connectivity index (χ1v) is 6.49. The Morgan fingerprint density at radius 2 is 1.94 bits per heavy atom. The maximum absolute atomic E-state index is 6.11. The van der Waals surface area contributed by atoms with Crippen molar-refractivity contribution in [3.05, 3.63) is 33.8 Å². The van der Waals surface area contributed by atoms with Gasteiger partial charge in [0.2, 0.25) is 0 Å². The highest BCUT2D eigenvalue weighted by Crippen LogP contribution is 2.25. The number of nitrogens with two attached hydrogens (primary N) is 1.